The number of aromatic amines is 1. The number of carboxylic acid groups (broad SMARTS) is 1. The molecule has 0 fully saturated rings. The van der Waals surface area contributed by atoms with Crippen LogP contribution in [-0.2, 0) is 17.6 Å². The number of H-pyrrole nitrogens is 1. The third-order valence-electron chi connectivity index (χ3n) is 4.83. The van der Waals surface area contributed by atoms with Crippen molar-refractivity contribution in [3.05, 3.63) is 40.1 Å². The van der Waals surface area contributed by atoms with Gasteiger partial charge in [-0.1, -0.05) is 6.07 Å². The average molecular weight is 327 g/mol. The van der Waals surface area contributed by atoms with Gasteiger partial charge in [0.25, 0.3) is 0 Å². The van der Waals surface area contributed by atoms with Crippen LogP contribution in [0.5, 0.6) is 5.75 Å². The van der Waals surface area contributed by atoms with Crippen LogP contribution in [0.15, 0.2) is 12.1 Å². The van der Waals surface area contributed by atoms with Gasteiger partial charge in [-0.05, 0) is 36.5 Å². The summed E-state index contributed by atoms with van der Waals surface area (Å²) in [5, 5.41) is 18.5. The first-order valence-corrected chi connectivity index (χ1v) is 7.89. The van der Waals surface area contributed by atoms with Crippen LogP contribution in [0.1, 0.15) is 51.5 Å². The number of carbonyl (C=O) groups excluding carboxylic acids is 1. The Hall–Kier alpha value is -2.83. The second kappa shape index (κ2) is 5.36. The van der Waals surface area contributed by atoms with E-state index in [0.29, 0.717) is 11.3 Å². The molecule has 0 saturated carbocycles. The lowest BCUT2D eigenvalue weighted by molar-refractivity contribution is -0.116. The largest absolute Gasteiger partial charge is 0.496 e. The SMILES string of the molecule is COc1cc2c(cc1[C@@H]1CC(=O)Nc3n[nH]c(C(=O)O)c31)CCC2. The number of hydrogen-bond acceptors (Lipinski definition) is 4. The second-order valence-corrected chi connectivity index (χ2v) is 6.19. The Balaban J connectivity index is 1.90. The van der Waals surface area contributed by atoms with E-state index in [1.807, 2.05) is 6.07 Å². The molecule has 0 saturated heterocycles. The number of aromatic carboxylic acids is 1. The fourth-order valence-electron chi connectivity index (χ4n) is 3.75. The summed E-state index contributed by atoms with van der Waals surface area (Å²) in [4.78, 5) is 23.6. The van der Waals surface area contributed by atoms with E-state index in [-0.39, 0.29) is 29.8 Å². The molecule has 0 radical (unpaired) electrons. The molecular formula is C17H17N3O4. The van der Waals surface area contributed by atoms with Crippen molar-refractivity contribution < 1.29 is 19.4 Å². The maximum Gasteiger partial charge on any atom is 0.354 e. The van der Waals surface area contributed by atoms with Gasteiger partial charge in [-0.15, -0.1) is 0 Å². The number of nitrogens with one attached hydrogen (secondary N) is 2. The first-order valence-electron chi connectivity index (χ1n) is 7.89. The lowest BCUT2D eigenvalue weighted by Crippen LogP contribution is -2.24. The van der Waals surface area contributed by atoms with Gasteiger partial charge in [0.1, 0.15) is 11.4 Å². The molecule has 1 aromatic heterocycles. The van der Waals surface area contributed by atoms with Gasteiger partial charge in [0.2, 0.25) is 5.91 Å². The number of anilines is 1. The summed E-state index contributed by atoms with van der Waals surface area (Å²) in [6, 6.07) is 4.08. The molecule has 0 bridgehead atoms. The average Bonchev–Trinajstić information content (AvgIpc) is 3.18. The standard InChI is InChI=1S/C17H17N3O4/c1-24-12-6-9-4-2-3-8(9)5-10(12)11-7-13(21)18-16-14(11)15(17(22)23)19-20-16/h5-6,11H,2-4,7H2,1H3,(H,22,23)(H2,18,19,20,21)/t11-/m0/s1. The van der Waals surface area contributed by atoms with Crippen LogP contribution in [-0.4, -0.2) is 34.3 Å². The predicted octanol–water partition coefficient (Wildman–Crippen LogP) is 2.08. The van der Waals surface area contributed by atoms with Crippen LogP contribution in [0.2, 0.25) is 0 Å². The Labute approximate surface area is 138 Å². The third-order valence-corrected chi connectivity index (χ3v) is 4.83. The number of ether oxygens (including phenoxy) is 1. The molecule has 1 atom stereocenters. The molecule has 4 rings (SSSR count). The summed E-state index contributed by atoms with van der Waals surface area (Å²) in [5.74, 6) is -0.682. The highest BCUT2D eigenvalue weighted by Crippen LogP contribution is 2.43. The number of benzene rings is 1. The summed E-state index contributed by atoms with van der Waals surface area (Å²) in [5.41, 5.74) is 3.88. The van der Waals surface area contributed by atoms with Crippen molar-refractivity contribution in [2.24, 2.45) is 0 Å². The maximum absolute atomic E-state index is 12.1. The summed E-state index contributed by atoms with van der Waals surface area (Å²) in [6.07, 6.45) is 3.29. The van der Waals surface area contributed by atoms with Crippen LogP contribution in [0, 0.1) is 0 Å². The van der Waals surface area contributed by atoms with E-state index in [1.54, 1.807) is 7.11 Å². The number of fused-ring (bicyclic) bond motifs is 2. The molecule has 0 spiro atoms. The molecule has 124 valence electrons. The summed E-state index contributed by atoms with van der Waals surface area (Å²) >= 11 is 0. The van der Waals surface area contributed by atoms with Crippen molar-refractivity contribution in [3.63, 3.8) is 0 Å². The van der Waals surface area contributed by atoms with Gasteiger partial charge in [-0.25, -0.2) is 4.79 Å². The highest BCUT2D eigenvalue weighted by Gasteiger charge is 2.35. The lowest BCUT2D eigenvalue weighted by Gasteiger charge is -2.25. The molecule has 3 N–H and O–H groups in total. The molecule has 2 aromatic rings. The topological polar surface area (TPSA) is 104 Å². The molecule has 7 heteroatoms. The zero-order chi connectivity index (χ0) is 16.8. The first-order chi connectivity index (χ1) is 11.6. The number of carboxylic acids is 1. The Morgan fingerprint density at radius 2 is 2.08 bits per heavy atom. The van der Waals surface area contributed by atoms with E-state index in [2.05, 4.69) is 21.6 Å². The quantitative estimate of drug-likeness (QED) is 0.800. The van der Waals surface area contributed by atoms with Gasteiger partial charge < -0.3 is 15.2 Å². The molecule has 0 unspecified atom stereocenters. The lowest BCUT2D eigenvalue weighted by atomic mass is 9.84. The van der Waals surface area contributed by atoms with Gasteiger partial charge in [0, 0.05) is 23.5 Å². The Kier molecular flexibility index (Phi) is 3.30. The normalized spacial score (nSPS) is 18.7. The number of aryl methyl sites for hydroxylation is 2. The smallest absolute Gasteiger partial charge is 0.354 e. The molecule has 2 heterocycles. The molecule has 1 aliphatic carbocycles. The van der Waals surface area contributed by atoms with E-state index >= 15 is 0 Å². The molecule has 24 heavy (non-hydrogen) atoms. The van der Waals surface area contributed by atoms with E-state index in [4.69, 9.17) is 4.74 Å². The molecule has 2 aliphatic rings. The molecular weight excluding hydrogens is 310 g/mol. The fourth-order valence-corrected chi connectivity index (χ4v) is 3.75. The van der Waals surface area contributed by atoms with Crippen LogP contribution in [0.3, 0.4) is 0 Å². The summed E-state index contributed by atoms with van der Waals surface area (Å²) in [7, 11) is 1.59. The van der Waals surface area contributed by atoms with Crippen molar-refractivity contribution in [1.29, 1.82) is 0 Å². The number of amides is 1. The van der Waals surface area contributed by atoms with E-state index in [1.165, 1.54) is 11.1 Å². The zero-order valence-corrected chi connectivity index (χ0v) is 13.2. The van der Waals surface area contributed by atoms with Gasteiger partial charge in [0.05, 0.1) is 7.11 Å². The van der Waals surface area contributed by atoms with Crippen LogP contribution in [0.25, 0.3) is 0 Å². The number of aromatic nitrogens is 2. The highest BCUT2D eigenvalue weighted by atomic mass is 16.5. The van der Waals surface area contributed by atoms with Gasteiger partial charge in [-0.3, -0.25) is 9.89 Å². The fraction of sp³-hybridized carbons (Fsp3) is 0.353. The number of carbonyl (C=O) groups is 2. The first kappa shape index (κ1) is 14.7. The Bertz CT molecular complexity index is 856. The molecule has 1 aromatic carbocycles. The van der Waals surface area contributed by atoms with Crippen LogP contribution < -0.4 is 10.1 Å². The number of nitrogens with zero attached hydrogens (tertiary/aromatic N) is 1. The minimum atomic E-state index is -1.09. The number of hydrogen-bond donors (Lipinski definition) is 3. The van der Waals surface area contributed by atoms with Crippen molar-refractivity contribution in [2.75, 3.05) is 12.4 Å². The van der Waals surface area contributed by atoms with Gasteiger partial charge in [0.15, 0.2) is 5.82 Å². The van der Waals surface area contributed by atoms with Gasteiger partial charge in [-0.2, -0.15) is 5.10 Å². The molecule has 7 nitrogen and oxygen atoms in total. The minimum absolute atomic E-state index is 0.0116. The van der Waals surface area contributed by atoms with E-state index in [9.17, 15) is 14.7 Å². The Morgan fingerprint density at radius 3 is 2.79 bits per heavy atom. The minimum Gasteiger partial charge on any atom is -0.496 e. The third kappa shape index (κ3) is 2.16. The highest BCUT2D eigenvalue weighted by molar-refractivity contribution is 5.98. The Morgan fingerprint density at radius 1 is 1.33 bits per heavy atom. The van der Waals surface area contributed by atoms with Crippen LogP contribution >= 0.6 is 0 Å². The van der Waals surface area contributed by atoms with Crippen molar-refractivity contribution in [2.45, 2.75) is 31.6 Å². The monoisotopic (exact) mass is 327 g/mol. The number of methoxy groups -OCH3 is 1. The van der Waals surface area contributed by atoms with Crippen LogP contribution in [0.4, 0.5) is 5.82 Å². The van der Waals surface area contributed by atoms with Gasteiger partial charge >= 0.3 is 5.97 Å². The van der Waals surface area contributed by atoms with E-state index < -0.39 is 5.97 Å². The molecule has 1 aliphatic heterocycles. The zero-order valence-electron chi connectivity index (χ0n) is 13.2. The number of rotatable bonds is 3. The van der Waals surface area contributed by atoms with Crippen molar-refractivity contribution >= 4 is 17.7 Å². The second-order valence-electron chi connectivity index (χ2n) is 6.19. The van der Waals surface area contributed by atoms with Crippen molar-refractivity contribution in [1.82, 2.24) is 10.2 Å². The summed E-state index contributed by atoms with van der Waals surface area (Å²) < 4.78 is 5.54. The summed E-state index contributed by atoms with van der Waals surface area (Å²) in [6.45, 7) is 0. The maximum atomic E-state index is 12.1. The van der Waals surface area contributed by atoms with E-state index in [0.717, 1.165) is 24.8 Å². The van der Waals surface area contributed by atoms with Crippen molar-refractivity contribution in [3.8, 4) is 5.75 Å². The predicted molar refractivity (Wildman–Crippen MR) is 85.7 cm³/mol. The molecule has 1 amide bonds.